The lowest BCUT2D eigenvalue weighted by atomic mass is 9.80. The van der Waals surface area contributed by atoms with Crippen LogP contribution in [0.5, 0.6) is 6.01 Å². The van der Waals surface area contributed by atoms with E-state index in [0.717, 1.165) is 49.0 Å². The molecule has 3 fully saturated rings. The van der Waals surface area contributed by atoms with E-state index in [-0.39, 0.29) is 43.5 Å². The minimum atomic E-state index is -1.06. The summed E-state index contributed by atoms with van der Waals surface area (Å²) in [5.41, 5.74) is 2.43. The fourth-order valence-electron chi connectivity index (χ4n) is 8.65. The van der Waals surface area contributed by atoms with Crippen molar-refractivity contribution in [2.24, 2.45) is 0 Å². The van der Waals surface area contributed by atoms with Crippen LogP contribution in [0.15, 0.2) is 30.6 Å². The van der Waals surface area contributed by atoms with Gasteiger partial charge >= 0.3 is 6.01 Å². The van der Waals surface area contributed by atoms with E-state index in [0.29, 0.717) is 43.9 Å². The molecule has 0 N–H and O–H groups in total. The Labute approximate surface area is 261 Å². The second-order valence-electron chi connectivity index (χ2n) is 13.3. The van der Waals surface area contributed by atoms with Gasteiger partial charge < -0.3 is 14.5 Å². The highest BCUT2D eigenvalue weighted by Gasteiger charge is 2.51. The molecular formula is C33H38F3N7O2. The molecular weight excluding hydrogens is 583 g/mol. The van der Waals surface area contributed by atoms with Gasteiger partial charge in [0.15, 0.2) is 5.83 Å². The summed E-state index contributed by atoms with van der Waals surface area (Å²) in [7, 11) is 2.00. The number of carbonyl (C=O) groups is 1. The van der Waals surface area contributed by atoms with Crippen molar-refractivity contribution in [1.82, 2.24) is 24.7 Å². The predicted molar refractivity (Wildman–Crippen MR) is 160 cm³/mol. The van der Waals surface area contributed by atoms with Gasteiger partial charge in [0, 0.05) is 56.7 Å². The smallest absolute Gasteiger partial charge is 0.318 e. The van der Waals surface area contributed by atoms with Gasteiger partial charge in [-0.05, 0) is 50.9 Å². The highest BCUT2D eigenvalue weighted by molar-refractivity contribution is 5.91. The minimum Gasteiger partial charge on any atom is -0.461 e. The third-order valence-electron chi connectivity index (χ3n) is 10.8. The summed E-state index contributed by atoms with van der Waals surface area (Å²) in [6.07, 6.45) is 3.36. The maximum atomic E-state index is 15.4. The summed E-state index contributed by atoms with van der Waals surface area (Å²) < 4.78 is 50.1. The van der Waals surface area contributed by atoms with Crippen molar-refractivity contribution in [1.29, 1.82) is 5.26 Å². The van der Waals surface area contributed by atoms with Crippen LogP contribution in [0, 0.1) is 17.1 Å². The van der Waals surface area contributed by atoms with Crippen LogP contribution in [0.25, 0.3) is 0 Å². The SMILES string of the molecule is C=C(F)C(=O)N1CCN(c2nc(OC[C@@]34CCCN3C[C@H](F)C4)nc3c2CN(C)[C@]2(CCc4cccc(F)c42)C3)C[C@@H]1CC#N. The number of hydrogen-bond donors (Lipinski definition) is 0. The number of anilines is 1. The first-order chi connectivity index (χ1) is 21.6. The Morgan fingerprint density at radius 1 is 1.22 bits per heavy atom. The highest BCUT2D eigenvalue weighted by atomic mass is 19.1. The molecule has 0 saturated carbocycles. The number of alkyl halides is 1. The molecule has 4 atom stereocenters. The Balaban J connectivity index is 1.26. The molecule has 1 amide bonds. The maximum absolute atomic E-state index is 15.4. The monoisotopic (exact) mass is 621 g/mol. The number of halogens is 3. The predicted octanol–water partition coefficient (Wildman–Crippen LogP) is 3.81. The van der Waals surface area contributed by atoms with Crippen LogP contribution in [0.1, 0.15) is 54.5 Å². The number of nitrogens with zero attached hydrogens (tertiary/aromatic N) is 7. The number of amides is 1. The first-order valence-corrected chi connectivity index (χ1v) is 15.8. The van der Waals surface area contributed by atoms with Crippen molar-refractivity contribution < 1.29 is 22.7 Å². The largest absolute Gasteiger partial charge is 0.461 e. The fraction of sp³-hybridized carbons (Fsp3) is 0.576. The molecule has 0 radical (unpaired) electrons. The summed E-state index contributed by atoms with van der Waals surface area (Å²) in [5, 5.41) is 9.54. The van der Waals surface area contributed by atoms with Crippen LogP contribution in [0.4, 0.5) is 19.0 Å². The van der Waals surface area contributed by atoms with Gasteiger partial charge in [-0.25, -0.2) is 13.2 Å². The Bertz CT molecular complexity index is 1580. The summed E-state index contributed by atoms with van der Waals surface area (Å²) >= 11 is 0. The van der Waals surface area contributed by atoms with Gasteiger partial charge in [0.25, 0.3) is 5.91 Å². The highest BCUT2D eigenvalue weighted by Crippen LogP contribution is 2.49. The van der Waals surface area contributed by atoms with E-state index in [9.17, 15) is 18.8 Å². The van der Waals surface area contributed by atoms with Crippen LogP contribution < -0.4 is 9.64 Å². The molecule has 0 unspecified atom stereocenters. The van der Waals surface area contributed by atoms with Crippen LogP contribution in [-0.4, -0.2) is 94.7 Å². The Morgan fingerprint density at radius 2 is 2.07 bits per heavy atom. The molecule has 1 aliphatic carbocycles. The van der Waals surface area contributed by atoms with Crippen molar-refractivity contribution >= 4 is 11.7 Å². The van der Waals surface area contributed by atoms with E-state index >= 15 is 4.39 Å². The van der Waals surface area contributed by atoms with E-state index in [4.69, 9.17) is 14.7 Å². The molecule has 2 aromatic rings. The molecule has 1 aromatic carbocycles. The molecule has 3 saturated heterocycles. The molecule has 12 heteroatoms. The first kappa shape index (κ1) is 30.0. The molecule has 238 valence electrons. The van der Waals surface area contributed by atoms with E-state index in [1.54, 1.807) is 6.07 Å². The van der Waals surface area contributed by atoms with E-state index < -0.39 is 29.5 Å². The number of aryl methyl sites for hydroxylation is 1. The van der Waals surface area contributed by atoms with Crippen molar-refractivity contribution in [3.05, 3.63) is 58.8 Å². The molecule has 4 aliphatic heterocycles. The lowest BCUT2D eigenvalue weighted by molar-refractivity contribution is -0.131. The Kier molecular flexibility index (Phi) is 7.52. The van der Waals surface area contributed by atoms with Crippen molar-refractivity contribution in [2.75, 3.05) is 51.3 Å². The number of benzene rings is 1. The normalized spacial score (nSPS) is 29.4. The standard InChI is InChI=1S/C33H38F3N7O2/c1-21(34)30(44)43-14-13-41(18-24(43)8-11-37)29-25-19-40(2)33(10-7-22-5-3-6-26(36)28(22)33)16-27(25)38-31(39-29)45-20-32-9-4-12-42(32)17-23(35)15-32/h3,5-6,23-24H,1,4,7-10,12-20H2,2H3/t23-,24+,32+,33-/m1/s1. The van der Waals surface area contributed by atoms with Crippen LogP contribution in [0.2, 0.25) is 0 Å². The van der Waals surface area contributed by atoms with Crippen LogP contribution in [-0.2, 0) is 29.7 Å². The Hall–Kier alpha value is -3.69. The summed E-state index contributed by atoms with van der Waals surface area (Å²) in [6, 6.07) is 7.02. The quantitative estimate of drug-likeness (QED) is 0.450. The van der Waals surface area contributed by atoms with Gasteiger partial charge in [0.1, 0.15) is 24.4 Å². The first-order valence-electron chi connectivity index (χ1n) is 15.8. The molecule has 5 aliphatic rings. The zero-order valence-electron chi connectivity index (χ0n) is 25.6. The van der Waals surface area contributed by atoms with E-state index in [1.807, 2.05) is 18.0 Å². The number of aromatic nitrogens is 2. The van der Waals surface area contributed by atoms with Gasteiger partial charge in [-0.1, -0.05) is 18.7 Å². The maximum Gasteiger partial charge on any atom is 0.318 e. The summed E-state index contributed by atoms with van der Waals surface area (Å²) in [6.45, 7) is 5.97. The minimum absolute atomic E-state index is 0.0218. The zero-order valence-corrected chi connectivity index (χ0v) is 25.6. The van der Waals surface area contributed by atoms with Crippen molar-refractivity contribution in [2.45, 2.75) is 74.8 Å². The molecule has 45 heavy (non-hydrogen) atoms. The number of rotatable bonds is 6. The lowest BCUT2D eigenvalue weighted by Crippen LogP contribution is -2.56. The topological polar surface area (TPSA) is 88.8 Å². The van der Waals surface area contributed by atoms with E-state index in [1.165, 1.54) is 11.0 Å². The summed E-state index contributed by atoms with van der Waals surface area (Å²) in [5.74, 6) is -1.45. The molecule has 1 aromatic heterocycles. The van der Waals surface area contributed by atoms with Crippen LogP contribution >= 0.6 is 0 Å². The van der Waals surface area contributed by atoms with Gasteiger partial charge in [-0.15, -0.1) is 0 Å². The van der Waals surface area contributed by atoms with Gasteiger partial charge in [0.2, 0.25) is 0 Å². The second kappa shape index (κ2) is 11.3. The molecule has 9 nitrogen and oxygen atoms in total. The average Bonchev–Trinajstić information content (AvgIpc) is 3.67. The van der Waals surface area contributed by atoms with Crippen molar-refractivity contribution in [3.8, 4) is 12.1 Å². The van der Waals surface area contributed by atoms with E-state index in [2.05, 4.69) is 22.4 Å². The lowest BCUT2D eigenvalue weighted by Gasteiger charge is -2.46. The number of fused-ring (bicyclic) bond motifs is 4. The molecule has 1 spiro atoms. The second-order valence-corrected chi connectivity index (χ2v) is 13.3. The van der Waals surface area contributed by atoms with Gasteiger partial charge in [-0.2, -0.15) is 15.2 Å². The molecule has 5 heterocycles. The number of carbonyl (C=O) groups excluding carboxylic acids is 1. The third kappa shape index (κ3) is 4.95. The number of piperazine rings is 1. The Morgan fingerprint density at radius 3 is 2.87 bits per heavy atom. The number of hydrogen-bond acceptors (Lipinski definition) is 8. The van der Waals surface area contributed by atoms with Crippen molar-refractivity contribution in [3.63, 3.8) is 0 Å². The zero-order chi connectivity index (χ0) is 31.5. The average molecular weight is 622 g/mol. The van der Waals surface area contributed by atoms with Gasteiger partial charge in [-0.3, -0.25) is 14.6 Å². The fourth-order valence-corrected chi connectivity index (χ4v) is 8.65. The molecule has 7 rings (SSSR count). The molecule has 0 bridgehead atoms. The number of ether oxygens (including phenoxy) is 1. The van der Waals surface area contributed by atoms with Crippen LogP contribution in [0.3, 0.4) is 0 Å². The third-order valence-corrected chi connectivity index (χ3v) is 10.8. The number of likely N-dealkylation sites (N-methyl/N-ethyl adjacent to an activating group) is 1. The van der Waals surface area contributed by atoms with Gasteiger partial charge in [0.05, 0.1) is 35.3 Å². The number of nitriles is 1. The summed E-state index contributed by atoms with van der Waals surface area (Å²) in [4.78, 5) is 30.2.